The third kappa shape index (κ3) is 6.24. The molecule has 0 bridgehead atoms. The molecule has 1 fully saturated rings. The van der Waals surface area contributed by atoms with E-state index in [2.05, 4.69) is 31.0 Å². The zero-order chi connectivity index (χ0) is 30.0. The maximum Gasteiger partial charge on any atom is 0.573 e. The van der Waals surface area contributed by atoms with Gasteiger partial charge in [0.15, 0.2) is 0 Å². The largest absolute Gasteiger partial charge is 0.573 e. The number of amides is 2. The minimum atomic E-state index is -4.90. The van der Waals surface area contributed by atoms with Crippen molar-refractivity contribution in [2.75, 3.05) is 16.8 Å². The number of piperidine rings is 1. The van der Waals surface area contributed by atoms with Crippen LogP contribution in [0.15, 0.2) is 77.9 Å². The smallest absolute Gasteiger partial charge is 0.405 e. The number of hydrogen-bond donors (Lipinski definition) is 3. The van der Waals surface area contributed by atoms with Gasteiger partial charge in [0.1, 0.15) is 11.6 Å². The first-order chi connectivity index (χ1) is 20.0. The Morgan fingerprint density at radius 1 is 1.10 bits per heavy atom. The number of H-pyrrole nitrogens is 1. The number of benzene rings is 3. The first kappa shape index (κ1) is 28.7. The lowest BCUT2D eigenvalue weighted by Gasteiger charge is -2.38. The van der Waals surface area contributed by atoms with E-state index in [4.69, 9.17) is 5.73 Å². The zero-order valence-corrected chi connectivity index (χ0v) is 23.0. The van der Waals surface area contributed by atoms with Gasteiger partial charge in [0, 0.05) is 42.7 Å². The molecule has 2 heterocycles. The summed E-state index contributed by atoms with van der Waals surface area (Å²) in [5.41, 5.74) is 10.4. The summed E-state index contributed by atoms with van der Waals surface area (Å²) in [6.45, 7) is 4.08. The second kappa shape index (κ2) is 11.6. The number of rotatable bonds is 6. The molecule has 4 N–H and O–H groups in total. The van der Waals surface area contributed by atoms with E-state index < -0.39 is 23.9 Å². The number of hydrogen-bond acceptors (Lipinski definition) is 4. The number of nitrogens with two attached hydrogens (primary N) is 1. The number of ether oxygens (including phenoxy) is 1. The summed E-state index contributed by atoms with van der Waals surface area (Å²) >= 11 is 0. The topological polar surface area (TPSA) is 113 Å². The van der Waals surface area contributed by atoms with Gasteiger partial charge < -0.3 is 25.7 Å². The SMILES string of the molecule is CC(=O)Nc1ccc(-c2cccc(N3CCC(C(=O)N=C(N)c4ccccc4OC(F)(F)F)CC3C)c2)c2cc[nH]c12. The van der Waals surface area contributed by atoms with E-state index >= 15 is 0 Å². The lowest BCUT2D eigenvalue weighted by molar-refractivity contribution is -0.274. The van der Waals surface area contributed by atoms with Crippen molar-refractivity contribution in [1.29, 1.82) is 0 Å². The van der Waals surface area contributed by atoms with Gasteiger partial charge in [0.25, 0.3) is 5.91 Å². The van der Waals surface area contributed by atoms with E-state index in [1.54, 1.807) is 0 Å². The number of nitrogens with one attached hydrogen (secondary N) is 2. The molecule has 11 heteroatoms. The zero-order valence-electron chi connectivity index (χ0n) is 23.0. The first-order valence-corrected chi connectivity index (χ1v) is 13.5. The van der Waals surface area contributed by atoms with E-state index in [1.165, 1.54) is 25.1 Å². The molecule has 1 aromatic heterocycles. The van der Waals surface area contributed by atoms with Gasteiger partial charge in [-0.3, -0.25) is 9.59 Å². The second-order valence-electron chi connectivity index (χ2n) is 10.3. The normalized spacial score (nSPS) is 17.7. The van der Waals surface area contributed by atoms with Crippen molar-refractivity contribution >= 4 is 39.9 Å². The van der Waals surface area contributed by atoms with Crippen LogP contribution in [0.5, 0.6) is 5.75 Å². The number of alkyl halides is 3. The number of anilines is 2. The molecular formula is C31H30F3N5O3. The minimum Gasteiger partial charge on any atom is -0.405 e. The van der Waals surface area contributed by atoms with Crippen LogP contribution in [-0.2, 0) is 9.59 Å². The minimum absolute atomic E-state index is 0.00496. The van der Waals surface area contributed by atoms with Crippen molar-refractivity contribution in [1.82, 2.24) is 4.98 Å². The highest BCUT2D eigenvalue weighted by molar-refractivity contribution is 6.07. The summed E-state index contributed by atoms with van der Waals surface area (Å²) in [5, 5.41) is 3.83. The van der Waals surface area contributed by atoms with Crippen LogP contribution in [0.1, 0.15) is 32.3 Å². The Labute approximate surface area is 240 Å². The molecule has 0 spiro atoms. The molecule has 1 aliphatic heterocycles. The van der Waals surface area contributed by atoms with Crippen molar-refractivity contribution in [3.05, 3.63) is 78.5 Å². The molecule has 2 atom stereocenters. The first-order valence-electron chi connectivity index (χ1n) is 13.5. The molecule has 42 heavy (non-hydrogen) atoms. The van der Waals surface area contributed by atoms with Crippen molar-refractivity contribution in [2.24, 2.45) is 16.6 Å². The Kier molecular flexibility index (Phi) is 7.93. The van der Waals surface area contributed by atoms with Gasteiger partial charge >= 0.3 is 6.36 Å². The number of carbonyl (C=O) groups excluding carboxylic acids is 2. The highest BCUT2D eigenvalue weighted by Crippen LogP contribution is 2.36. The van der Waals surface area contributed by atoms with Gasteiger partial charge in [-0.2, -0.15) is 4.99 Å². The molecule has 0 aliphatic carbocycles. The molecule has 1 aliphatic rings. The molecule has 218 valence electrons. The van der Waals surface area contributed by atoms with Gasteiger partial charge in [-0.25, -0.2) is 0 Å². The monoisotopic (exact) mass is 577 g/mol. The summed E-state index contributed by atoms with van der Waals surface area (Å²) in [7, 11) is 0. The van der Waals surface area contributed by atoms with Gasteiger partial charge in [0.05, 0.1) is 16.8 Å². The van der Waals surface area contributed by atoms with E-state index in [0.29, 0.717) is 25.1 Å². The fraction of sp³-hybridized carbons (Fsp3) is 0.258. The fourth-order valence-corrected chi connectivity index (χ4v) is 5.50. The van der Waals surface area contributed by atoms with E-state index in [0.717, 1.165) is 33.8 Å². The third-order valence-electron chi connectivity index (χ3n) is 7.37. The number of nitrogens with zero attached hydrogens (tertiary/aromatic N) is 2. The Bertz CT molecular complexity index is 1660. The summed E-state index contributed by atoms with van der Waals surface area (Å²) in [6, 6.07) is 19.3. The van der Waals surface area contributed by atoms with Gasteiger partial charge in [0.2, 0.25) is 5.91 Å². The predicted octanol–water partition coefficient (Wildman–Crippen LogP) is 6.23. The molecule has 4 aromatic rings. The quantitative estimate of drug-likeness (QED) is 0.186. The second-order valence-corrected chi connectivity index (χ2v) is 10.3. The van der Waals surface area contributed by atoms with Crippen LogP contribution in [0.2, 0.25) is 0 Å². The Morgan fingerprint density at radius 2 is 1.88 bits per heavy atom. The number of aromatic amines is 1. The third-order valence-corrected chi connectivity index (χ3v) is 7.37. The van der Waals surface area contributed by atoms with E-state index in [9.17, 15) is 22.8 Å². The van der Waals surface area contributed by atoms with Crippen LogP contribution in [0, 0.1) is 5.92 Å². The number of para-hydroxylation sites is 1. The Balaban J connectivity index is 1.32. The van der Waals surface area contributed by atoms with Crippen molar-refractivity contribution < 1.29 is 27.5 Å². The summed E-state index contributed by atoms with van der Waals surface area (Å²) in [4.78, 5) is 34.0. The highest BCUT2D eigenvalue weighted by atomic mass is 19.4. The summed E-state index contributed by atoms with van der Waals surface area (Å²) in [5.74, 6) is -1.87. The number of carbonyl (C=O) groups is 2. The van der Waals surface area contributed by atoms with Crippen molar-refractivity contribution in [3.63, 3.8) is 0 Å². The Morgan fingerprint density at radius 3 is 2.62 bits per heavy atom. The van der Waals surface area contributed by atoms with Crippen molar-refractivity contribution in [2.45, 2.75) is 39.1 Å². The fourth-order valence-electron chi connectivity index (χ4n) is 5.50. The molecule has 0 radical (unpaired) electrons. The van der Waals surface area contributed by atoms with E-state index in [1.807, 2.05) is 49.5 Å². The van der Waals surface area contributed by atoms with Gasteiger partial charge in [-0.05, 0) is 67.3 Å². The van der Waals surface area contributed by atoms with Crippen molar-refractivity contribution in [3.8, 4) is 16.9 Å². The molecule has 1 saturated heterocycles. The van der Waals surface area contributed by atoms with Crippen LogP contribution in [0.25, 0.3) is 22.0 Å². The molecule has 2 amide bonds. The number of aliphatic imine (C=N–C) groups is 1. The van der Waals surface area contributed by atoms with Crippen LogP contribution >= 0.6 is 0 Å². The maximum absolute atomic E-state index is 13.0. The number of aromatic nitrogens is 1. The average Bonchev–Trinajstić information content (AvgIpc) is 3.43. The van der Waals surface area contributed by atoms with Gasteiger partial charge in [-0.15, -0.1) is 13.2 Å². The lowest BCUT2D eigenvalue weighted by atomic mass is 9.90. The lowest BCUT2D eigenvalue weighted by Crippen LogP contribution is -2.42. The maximum atomic E-state index is 13.0. The average molecular weight is 578 g/mol. The number of fused-ring (bicyclic) bond motifs is 1. The standard InChI is InChI=1S/C31H30F3N5O3/c1-18-16-21(30(41)38-29(35)25-8-3-4-9-27(25)42-31(32,33)34)13-15-39(18)22-7-5-6-20(17-22)23-10-11-26(37-19(2)40)28-24(23)12-14-36-28/h3-12,14,17-18,21,36H,13,15-16H2,1-2H3,(H,37,40)(H2,35,38,41). The number of amidine groups is 1. The highest BCUT2D eigenvalue weighted by Gasteiger charge is 2.33. The van der Waals surface area contributed by atoms with E-state index in [-0.39, 0.29) is 23.3 Å². The molecule has 2 unspecified atom stereocenters. The summed E-state index contributed by atoms with van der Waals surface area (Å²) in [6.07, 6.45) is -2.04. The van der Waals surface area contributed by atoms with Crippen LogP contribution in [0.3, 0.4) is 0 Å². The molecular weight excluding hydrogens is 547 g/mol. The predicted molar refractivity (Wildman–Crippen MR) is 156 cm³/mol. The van der Waals surface area contributed by atoms with Gasteiger partial charge in [-0.1, -0.05) is 30.3 Å². The molecule has 8 nitrogen and oxygen atoms in total. The molecule has 0 saturated carbocycles. The molecule has 3 aromatic carbocycles. The molecule has 5 rings (SSSR count). The van der Waals surface area contributed by atoms with Crippen LogP contribution in [0.4, 0.5) is 24.5 Å². The number of halogens is 3. The van der Waals surface area contributed by atoms with Crippen LogP contribution < -0.4 is 20.7 Å². The summed E-state index contributed by atoms with van der Waals surface area (Å²) < 4.78 is 42.4. The van der Waals surface area contributed by atoms with Crippen LogP contribution in [-0.4, -0.2) is 41.6 Å². The Hall–Kier alpha value is -4.80.